The van der Waals surface area contributed by atoms with Crippen LogP contribution in [0.15, 0.2) is 97.1 Å². The zero-order valence-electron chi connectivity index (χ0n) is 17.2. The molecular formula is C30H22. The minimum Gasteiger partial charge on any atom is -0.0587 e. The molecule has 6 aromatic carbocycles. The Morgan fingerprint density at radius 1 is 0.333 bits per heavy atom. The van der Waals surface area contributed by atoms with Crippen LogP contribution in [-0.2, 0) is 0 Å². The van der Waals surface area contributed by atoms with E-state index < -0.39 is 0 Å². The highest BCUT2D eigenvalue weighted by atomic mass is 14.2. The van der Waals surface area contributed by atoms with Crippen LogP contribution in [0.3, 0.4) is 0 Å². The van der Waals surface area contributed by atoms with E-state index in [-0.39, 0.29) is 0 Å². The van der Waals surface area contributed by atoms with Gasteiger partial charge in [0.2, 0.25) is 0 Å². The topological polar surface area (TPSA) is 0 Å². The molecule has 0 unspecified atom stereocenters. The first-order valence-corrected chi connectivity index (χ1v) is 10.5. The van der Waals surface area contributed by atoms with E-state index in [1.165, 1.54) is 65.7 Å². The van der Waals surface area contributed by atoms with Crippen LogP contribution in [0.2, 0.25) is 0 Å². The standard InChI is InChI=1S/C30H22/c1-19-3-7-21(8-4-19)27-15-23-11-13-25-17-28(22-9-5-20(2)6-10-22)18-26-14-12-24(16-27)29(23)30(25)26/h3-18H,1-2H3. The average molecular weight is 383 g/mol. The maximum atomic E-state index is 2.33. The quantitative estimate of drug-likeness (QED) is 0.263. The predicted molar refractivity (Wildman–Crippen MR) is 130 cm³/mol. The molecule has 0 aromatic heterocycles. The van der Waals surface area contributed by atoms with Crippen molar-refractivity contribution < 1.29 is 0 Å². The van der Waals surface area contributed by atoms with Crippen LogP contribution in [0.1, 0.15) is 11.1 Å². The molecule has 0 atom stereocenters. The first-order valence-electron chi connectivity index (χ1n) is 10.5. The second-order valence-corrected chi connectivity index (χ2v) is 8.46. The Bertz CT molecular complexity index is 1330. The van der Waals surface area contributed by atoms with Gasteiger partial charge < -0.3 is 0 Å². The van der Waals surface area contributed by atoms with Gasteiger partial charge in [-0.2, -0.15) is 0 Å². The second-order valence-electron chi connectivity index (χ2n) is 8.46. The lowest BCUT2D eigenvalue weighted by Crippen LogP contribution is -1.88. The van der Waals surface area contributed by atoms with E-state index in [1.807, 2.05) is 0 Å². The molecule has 0 heteroatoms. The average Bonchev–Trinajstić information content (AvgIpc) is 2.78. The fourth-order valence-corrected chi connectivity index (χ4v) is 4.66. The zero-order chi connectivity index (χ0) is 20.2. The summed E-state index contributed by atoms with van der Waals surface area (Å²) in [6, 6.07) is 36.1. The van der Waals surface area contributed by atoms with Crippen LogP contribution in [0.5, 0.6) is 0 Å². The van der Waals surface area contributed by atoms with Crippen molar-refractivity contribution in [1.29, 1.82) is 0 Å². The minimum atomic E-state index is 1.27. The Morgan fingerprint density at radius 3 is 0.933 bits per heavy atom. The van der Waals surface area contributed by atoms with E-state index in [1.54, 1.807) is 0 Å². The lowest BCUT2D eigenvalue weighted by molar-refractivity contribution is 1.47. The van der Waals surface area contributed by atoms with E-state index in [0.717, 1.165) is 0 Å². The van der Waals surface area contributed by atoms with Crippen molar-refractivity contribution in [2.45, 2.75) is 13.8 Å². The maximum Gasteiger partial charge on any atom is -0.00264 e. The number of benzene rings is 6. The lowest BCUT2D eigenvalue weighted by Gasteiger charge is -2.14. The van der Waals surface area contributed by atoms with E-state index in [0.29, 0.717) is 0 Å². The van der Waals surface area contributed by atoms with Crippen molar-refractivity contribution in [3.05, 3.63) is 108 Å². The zero-order valence-corrected chi connectivity index (χ0v) is 17.2. The van der Waals surface area contributed by atoms with Crippen LogP contribution in [0, 0.1) is 13.8 Å². The van der Waals surface area contributed by atoms with Crippen molar-refractivity contribution in [3.8, 4) is 22.3 Å². The fraction of sp³-hybridized carbons (Fsp3) is 0.0667. The first kappa shape index (κ1) is 17.2. The fourth-order valence-electron chi connectivity index (χ4n) is 4.66. The van der Waals surface area contributed by atoms with Crippen LogP contribution in [-0.4, -0.2) is 0 Å². The third-order valence-electron chi connectivity index (χ3n) is 6.30. The minimum absolute atomic E-state index is 1.27. The predicted octanol–water partition coefficient (Wildman–Crippen LogP) is 8.53. The number of rotatable bonds is 2. The van der Waals surface area contributed by atoms with Crippen molar-refractivity contribution in [2.75, 3.05) is 0 Å². The van der Waals surface area contributed by atoms with Gasteiger partial charge in [0.15, 0.2) is 0 Å². The first-order chi connectivity index (χ1) is 14.7. The van der Waals surface area contributed by atoms with Gasteiger partial charge >= 0.3 is 0 Å². The van der Waals surface area contributed by atoms with Crippen molar-refractivity contribution in [3.63, 3.8) is 0 Å². The van der Waals surface area contributed by atoms with Crippen LogP contribution in [0.25, 0.3) is 54.6 Å². The van der Waals surface area contributed by atoms with E-state index in [4.69, 9.17) is 0 Å². The van der Waals surface area contributed by atoms with Crippen molar-refractivity contribution >= 4 is 32.3 Å². The van der Waals surface area contributed by atoms with Crippen LogP contribution < -0.4 is 0 Å². The normalized spacial score (nSPS) is 11.7. The van der Waals surface area contributed by atoms with E-state index in [9.17, 15) is 0 Å². The Morgan fingerprint density at radius 2 is 0.633 bits per heavy atom. The summed E-state index contributed by atoms with van der Waals surface area (Å²) in [7, 11) is 0. The second kappa shape index (κ2) is 6.43. The van der Waals surface area contributed by atoms with Gasteiger partial charge in [0.05, 0.1) is 0 Å². The van der Waals surface area contributed by atoms with Gasteiger partial charge in [-0.1, -0.05) is 83.9 Å². The van der Waals surface area contributed by atoms with Gasteiger partial charge in [-0.05, 0) is 92.7 Å². The van der Waals surface area contributed by atoms with Gasteiger partial charge in [-0.15, -0.1) is 0 Å². The SMILES string of the molecule is Cc1ccc(-c2cc3ccc4cc(-c5ccc(C)cc5)cc5ccc(c2)c3c45)cc1. The molecule has 0 nitrogen and oxygen atoms in total. The summed E-state index contributed by atoms with van der Waals surface area (Å²) in [5.41, 5.74) is 7.68. The number of hydrogen-bond acceptors (Lipinski definition) is 0. The molecule has 6 rings (SSSR count). The number of aryl methyl sites for hydroxylation is 2. The third kappa shape index (κ3) is 2.69. The summed E-state index contributed by atoms with van der Waals surface area (Å²) in [6.07, 6.45) is 0. The molecule has 0 aliphatic carbocycles. The van der Waals surface area contributed by atoms with Gasteiger partial charge in [0.25, 0.3) is 0 Å². The third-order valence-corrected chi connectivity index (χ3v) is 6.30. The molecule has 0 fully saturated rings. The molecule has 0 N–H and O–H groups in total. The van der Waals surface area contributed by atoms with Gasteiger partial charge in [-0.25, -0.2) is 0 Å². The maximum absolute atomic E-state index is 2.33. The summed E-state index contributed by atoms with van der Waals surface area (Å²) in [6.45, 7) is 4.27. The molecule has 0 radical (unpaired) electrons. The molecule has 30 heavy (non-hydrogen) atoms. The molecule has 142 valence electrons. The Kier molecular flexibility index (Phi) is 3.70. The highest BCUT2D eigenvalue weighted by molar-refractivity contribution is 6.24. The molecule has 0 heterocycles. The highest BCUT2D eigenvalue weighted by Crippen LogP contribution is 2.39. The summed E-state index contributed by atoms with van der Waals surface area (Å²) in [5, 5.41) is 7.98. The van der Waals surface area contributed by atoms with E-state index >= 15 is 0 Å². The Labute approximate surface area is 176 Å². The van der Waals surface area contributed by atoms with Crippen LogP contribution in [0.4, 0.5) is 0 Å². The Balaban J connectivity index is 1.59. The molecule has 0 aliphatic heterocycles. The molecule has 0 bridgehead atoms. The molecule has 0 amide bonds. The Hall–Kier alpha value is -3.64. The highest BCUT2D eigenvalue weighted by Gasteiger charge is 2.12. The summed E-state index contributed by atoms with van der Waals surface area (Å²) in [5.74, 6) is 0. The number of hydrogen-bond donors (Lipinski definition) is 0. The molecule has 0 spiro atoms. The summed E-state index contributed by atoms with van der Waals surface area (Å²) >= 11 is 0. The summed E-state index contributed by atoms with van der Waals surface area (Å²) < 4.78 is 0. The summed E-state index contributed by atoms with van der Waals surface area (Å²) in [4.78, 5) is 0. The van der Waals surface area contributed by atoms with E-state index in [2.05, 4.69) is 111 Å². The molecule has 6 aromatic rings. The van der Waals surface area contributed by atoms with Crippen molar-refractivity contribution in [1.82, 2.24) is 0 Å². The van der Waals surface area contributed by atoms with Crippen molar-refractivity contribution in [2.24, 2.45) is 0 Å². The van der Waals surface area contributed by atoms with Gasteiger partial charge in [0.1, 0.15) is 0 Å². The lowest BCUT2D eigenvalue weighted by atomic mass is 9.89. The molecule has 0 aliphatic rings. The molecular weight excluding hydrogens is 360 g/mol. The van der Waals surface area contributed by atoms with Crippen LogP contribution >= 0.6 is 0 Å². The van der Waals surface area contributed by atoms with Gasteiger partial charge in [0, 0.05) is 0 Å². The molecule has 0 saturated carbocycles. The van der Waals surface area contributed by atoms with Gasteiger partial charge in [-0.3, -0.25) is 0 Å². The smallest absolute Gasteiger partial charge is 0.00264 e. The monoisotopic (exact) mass is 382 g/mol. The molecule has 0 saturated heterocycles. The largest absolute Gasteiger partial charge is 0.0587 e.